The Kier molecular flexibility index (Phi) is 6.97. The van der Waals surface area contributed by atoms with Crippen LogP contribution in [0.2, 0.25) is 0 Å². The summed E-state index contributed by atoms with van der Waals surface area (Å²) in [6.07, 6.45) is 2.05. The van der Waals surface area contributed by atoms with Gasteiger partial charge in [-0.1, -0.05) is 25.5 Å². The summed E-state index contributed by atoms with van der Waals surface area (Å²) in [7, 11) is 1.90. The third-order valence-corrected chi connectivity index (χ3v) is 2.78. The first-order valence-corrected chi connectivity index (χ1v) is 6.81. The van der Waals surface area contributed by atoms with Crippen LogP contribution in [0.25, 0.3) is 0 Å². The molecule has 106 valence electrons. The number of carbonyl (C=O) groups excluding carboxylic acids is 1. The van der Waals surface area contributed by atoms with Gasteiger partial charge in [-0.3, -0.25) is 4.79 Å². The van der Waals surface area contributed by atoms with Gasteiger partial charge in [0.2, 0.25) is 0 Å². The molecule has 1 aromatic carbocycles. The van der Waals surface area contributed by atoms with Gasteiger partial charge in [-0.05, 0) is 38.1 Å². The van der Waals surface area contributed by atoms with Crippen LogP contribution < -0.4 is 15.4 Å². The van der Waals surface area contributed by atoms with Gasteiger partial charge in [0.1, 0.15) is 5.75 Å². The molecule has 0 aliphatic heterocycles. The molecular weight excluding hydrogens is 240 g/mol. The van der Waals surface area contributed by atoms with Gasteiger partial charge in [0.25, 0.3) is 5.91 Å². The first-order chi connectivity index (χ1) is 9.15. The lowest BCUT2D eigenvalue weighted by atomic mass is 10.2. The van der Waals surface area contributed by atoms with Crippen LogP contribution in [0.5, 0.6) is 5.75 Å². The SMILES string of the molecule is CCCC(C)NC(=O)COc1cccc(CNC)c1. The number of hydrogen-bond donors (Lipinski definition) is 2. The Balaban J connectivity index is 2.39. The molecule has 0 bridgehead atoms. The number of hydrogen-bond acceptors (Lipinski definition) is 3. The molecule has 1 amide bonds. The van der Waals surface area contributed by atoms with E-state index in [0.29, 0.717) is 0 Å². The van der Waals surface area contributed by atoms with Crippen molar-refractivity contribution in [2.45, 2.75) is 39.3 Å². The third-order valence-electron chi connectivity index (χ3n) is 2.78. The summed E-state index contributed by atoms with van der Waals surface area (Å²) in [5.74, 6) is 0.658. The smallest absolute Gasteiger partial charge is 0.258 e. The molecule has 4 heteroatoms. The van der Waals surface area contributed by atoms with Crippen molar-refractivity contribution in [1.29, 1.82) is 0 Å². The molecular formula is C15H24N2O2. The minimum atomic E-state index is -0.0695. The molecule has 0 aliphatic carbocycles. The van der Waals surface area contributed by atoms with Crippen LogP contribution in [-0.2, 0) is 11.3 Å². The Morgan fingerprint density at radius 2 is 2.21 bits per heavy atom. The predicted octanol–water partition coefficient (Wildman–Crippen LogP) is 2.09. The van der Waals surface area contributed by atoms with E-state index in [4.69, 9.17) is 4.74 Å². The van der Waals surface area contributed by atoms with E-state index < -0.39 is 0 Å². The molecule has 19 heavy (non-hydrogen) atoms. The zero-order valence-corrected chi connectivity index (χ0v) is 12.0. The van der Waals surface area contributed by atoms with Crippen LogP contribution in [0.4, 0.5) is 0 Å². The Hall–Kier alpha value is -1.55. The lowest BCUT2D eigenvalue weighted by molar-refractivity contribution is -0.123. The van der Waals surface area contributed by atoms with Gasteiger partial charge in [0, 0.05) is 12.6 Å². The number of benzene rings is 1. The molecule has 1 aromatic rings. The average Bonchev–Trinajstić information content (AvgIpc) is 2.37. The van der Waals surface area contributed by atoms with E-state index in [0.717, 1.165) is 30.7 Å². The molecule has 1 atom stereocenters. The fourth-order valence-electron chi connectivity index (χ4n) is 1.92. The summed E-state index contributed by atoms with van der Waals surface area (Å²) >= 11 is 0. The number of carbonyl (C=O) groups is 1. The monoisotopic (exact) mass is 264 g/mol. The van der Waals surface area contributed by atoms with Gasteiger partial charge in [-0.15, -0.1) is 0 Å². The number of rotatable bonds is 8. The third kappa shape index (κ3) is 6.25. The van der Waals surface area contributed by atoms with Crippen LogP contribution >= 0.6 is 0 Å². The van der Waals surface area contributed by atoms with E-state index in [2.05, 4.69) is 17.6 Å². The zero-order chi connectivity index (χ0) is 14.1. The summed E-state index contributed by atoms with van der Waals surface area (Å²) in [6, 6.07) is 7.96. The standard InChI is InChI=1S/C15H24N2O2/c1-4-6-12(2)17-15(18)11-19-14-8-5-7-13(9-14)10-16-3/h5,7-9,12,16H,4,6,10-11H2,1-3H3,(H,17,18). The highest BCUT2D eigenvalue weighted by atomic mass is 16.5. The van der Waals surface area contributed by atoms with Crippen molar-refractivity contribution in [3.05, 3.63) is 29.8 Å². The Bertz CT molecular complexity index is 393. The van der Waals surface area contributed by atoms with Crippen LogP contribution in [0.3, 0.4) is 0 Å². The van der Waals surface area contributed by atoms with Crippen LogP contribution in [-0.4, -0.2) is 25.6 Å². The molecule has 0 saturated carbocycles. The van der Waals surface area contributed by atoms with Crippen molar-refractivity contribution in [3.8, 4) is 5.75 Å². The lowest BCUT2D eigenvalue weighted by Gasteiger charge is -2.13. The Morgan fingerprint density at radius 1 is 1.42 bits per heavy atom. The van der Waals surface area contributed by atoms with Crippen molar-refractivity contribution in [2.75, 3.05) is 13.7 Å². The molecule has 2 N–H and O–H groups in total. The van der Waals surface area contributed by atoms with Gasteiger partial charge >= 0.3 is 0 Å². The van der Waals surface area contributed by atoms with E-state index in [1.807, 2.05) is 38.2 Å². The predicted molar refractivity (Wildman–Crippen MR) is 77.2 cm³/mol. The molecule has 4 nitrogen and oxygen atoms in total. The van der Waals surface area contributed by atoms with Gasteiger partial charge in [0.05, 0.1) is 0 Å². The summed E-state index contributed by atoms with van der Waals surface area (Å²) < 4.78 is 5.49. The summed E-state index contributed by atoms with van der Waals surface area (Å²) in [5.41, 5.74) is 1.14. The van der Waals surface area contributed by atoms with Gasteiger partial charge < -0.3 is 15.4 Å². The maximum atomic E-state index is 11.7. The lowest BCUT2D eigenvalue weighted by Crippen LogP contribution is -2.35. The highest BCUT2D eigenvalue weighted by Gasteiger charge is 2.07. The second-order valence-electron chi connectivity index (χ2n) is 4.72. The molecule has 0 fully saturated rings. The van der Waals surface area contributed by atoms with Gasteiger partial charge in [-0.25, -0.2) is 0 Å². The van der Waals surface area contributed by atoms with E-state index in [1.54, 1.807) is 0 Å². The summed E-state index contributed by atoms with van der Waals surface area (Å²) in [6.45, 7) is 4.97. The Morgan fingerprint density at radius 3 is 2.89 bits per heavy atom. The van der Waals surface area contributed by atoms with Crippen molar-refractivity contribution >= 4 is 5.91 Å². The molecule has 0 saturated heterocycles. The van der Waals surface area contributed by atoms with E-state index in [-0.39, 0.29) is 18.6 Å². The quantitative estimate of drug-likeness (QED) is 0.756. The minimum absolute atomic E-state index is 0.0665. The summed E-state index contributed by atoms with van der Waals surface area (Å²) in [4.78, 5) is 11.7. The second-order valence-corrected chi connectivity index (χ2v) is 4.72. The fourth-order valence-corrected chi connectivity index (χ4v) is 1.92. The van der Waals surface area contributed by atoms with Crippen LogP contribution in [0.1, 0.15) is 32.3 Å². The first kappa shape index (κ1) is 15.5. The molecule has 0 aromatic heterocycles. The van der Waals surface area contributed by atoms with Crippen molar-refractivity contribution in [2.24, 2.45) is 0 Å². The van der Waals surface area contributed by atoms with Crippen molar-refractivity contribution < 1.29 is 9.53 Å². The number of ether oxygens (including phenoxy) is 1. The second kappa shape index (κ2) is 8.53. The highest BCUT2D eigenvalue weighted by molar-refractivity contribution is 5.77. The van der Waals surface area contributed by atoms with Crippen molar-refractivity contribution in [1.82, 2.24) is 10.6 Å². The zero-order valence-electron chi connectivity index (χ0n) is 12.0. The van der Waals surface area contributed by atoms with E-state index in [1.165, 1.54) is 0 Å². The average molecular weight is 264 g/mol. The van der Waals surface area contributed by atoms with Crippen LogP contribution in [0, 0.1) is 0 Å². The molecule has 0 heterocycles. The van der Waals surface area contributed by atoms with E-state index >= 15 is 0 Å². The number of nitrogens with one attached hydrogen (secondary N) is 2. The molecule has 0 radical (unpaired) electrons. The fraction of sp³-hybridized carbons (Fsp3) is 0.533. The molecule has 1 unspecified atom stereocenters. The largest absolute Gasteiger partial charge is 0.484 e. The topological polar surface area (TPSA) is 50.4 Å². The molecule has 0 spiro atoms. The normalized spacial score (nSPS) is 11.9. The Labute approximate surface area is 115 Å². The van der Waals surface area contributed by atoms with Gasteiger partial charge in [-0.2, -0.15) is 0 Å². The first-order valence-electron chi connectivity index (χ1n) is 6.81. The maximum absolute atomic E-state index is 11.7. The highest BCUT2D eigenvalue weighted by Crippen LogP contribution is 2.13. The molecule has 1 rings (SSSR count). The summed E-state index contributed by atoms with van der Waals surface area (Å²) in [5, 5.41) is 6.00. The van der Waals surface area contributed by atoms with E-state index in [9.17, 15) is 4.79 Å². The van der Waals surface area contributed by atoms with Crippen molar-refractivity contribution in [3.63, 3.8) is 0 Å². The molecule has 0 aliphatic rings. The van der Waals surface area contributed by atoms with Gasteiger partial charge in [0.15, 0.2) is 6.61 Å². The number of amides is 1. The minimum Gasteiger partial charge on any atom is -0.484 e. The van der Waals surface area contributed by atoms with Crippen LogP contribution in [0.15, 0.2) is 24.3 Å². The maximum Gasteiger partial charge on any atom is 0.258 e.